The first-order chi connectivity index (χ1) is 9.28. The summed E-state index contributed by atoms with van der Waals surface area (Å²) in [5.41, 5.74) is 1.31. The Morgan fingerprint density at radius 1 is 1.26 bits per heavy atom. The molecule has 1 fully saturated rings. The van der Waals surface area contributed by atoms with E-state index in [1.54, 1.807) is 0 Å². The second-order valence-corrected chi connectivity index (χ2v) is 5.08. The molecule has 1 aromatic rings. The number of carbonyl (C=O) groups is 1. The second kappa shape index (κ2) is 7.29. The number of piperidine rings is 1. The minimum absolute atomic E-state index is 0.406. The molecule has 19 heavy (non-hydrogen) atoms. The van der Waals surface area contributed by atoms with Gasteiger partial charge in [0.15, 0.2) is 0 Å². The number of ketones is 1. The fourth-order valence-electron chi connectivity index (χ4n) is 2.36. The number of ether oxygens (including phenoxy) is 1. The lowest BCUT2D eigenvalue weighted by molar-refractivity contribution is -0.121. The lowest BCUT2D eigenvalue weighted by Gasteiger charge is -2.25. The summed E-state index contributed by atoms with van der Waals surface area (Å²) in [6, 6.07) is 8.29. The van der Waals surface area contributed by atoms with Crippen LogP contribution in [0.3, 0.4) is 0 Å². The Morgan fingerprint density at radius 3 is 2.79 bits per heavy atom. The van der Waals surface area contributed by atoms with Gasteiger partial charge in [0.2, 0.25) is 0 Å². The zero-order valence-electron chi connectivity index (χ0n) is 11.7. The number of carbonyl (C=O) groups excluding carboxylic acids is 1. The Bertz CT molecular complexity index is 407. The van der Waals surface area contributed by atoms with E-state index in [1.807, 2.05) is 12.1 Å². The van der Waals surface area contributed by atoms with Crippen molar-refractivity contribution in [1.29, 1.82) is 0 Å². The summed E-state index contributed by atoms with van der Waals surface area (Å²) in [6.07, 6.45) is 3.50. The normalized spacial score (nSPS) is 16.6. The van der Waals surface area contributed by atoms with E-state index < -0.39 is 0 Å². The van der Waals surface area contributed by atoms with Crippen LogP contribution in [-0.2, 0) is 11.2 Å². The van der Waals surface area contributed by atoms with Gasteiger partial charge in [-0.15, -0.1) is 0 Å². The molecule has 0 atom stereocenters. The van der Waals surface area contributed by atoms with Crippen LogP contribution in [0.5, 0.6) is 5.75 Å². The number of aryl methyl sites for hydroxylation is 1. The molecule has 3 nitrogen and oxygen atoms in total. The lowest BCUT2D eigenvalue weighted by atomic mass is 10.1. The van der Waals surface area contributed by atoms with E-state index in [0.29, 0.717) is 5.78 Å². The van der Waals surface area contributed by atoms with Crippen molar-refractivity contribution < 1.29 is 9.53 Å². The smallest absolute Gasteiger partial charge is 0.135 e. The fraction of sp³-hybridized carbons (Fsp3) is 0.562. The summed E-state index contributed by atoms with van der Waals surface area (Å²) < 4.78 is 5.77. The molecule has 3 heteroatoms. The predicted molar refractivity (Wildman–Crippen MR) is 76.6 cm³/mol. The summed E-state index contributed by atoms with van der Waals surface area (Å²) in [5, 5.41) is 0. The average Bonchev–Trinajstić information content (AvgIpc) is 2.46. The van der Waals surface area contributed by atoms with Crippen molar-refractivity contribution in [3.63, 3.8) is 0 Å². The van der Waals surface area contributed by atoms with Crippen molar-refractivity contribution in [2.45, 2.75) is 32.6 Å². The summed E-state index contributed by atoms with van der Waals surface area (Å²) in [4.78, 5) is 13.5. The first kappa shape index (κ1) is 14.1. The molecular weight excluding hydrogens is 238 g/mol. The van der Waals surface area contributed by atoms with Gasteiger partial charge in [-0.05, 0) is 30.5 Å². The molecule has 1 saturated heterocycles. The molecule has 0 aliphatic carbocycles. The number of rotatable bonds is 6. The van der Waals surface area contributed by atoms with E-state index in [0.717, 1.165) is 57.7 Å². The van der Waals surface area contributed by atoms with E-state index in [9.17, 15) is 4.79 Å². The van der Waals surface area contributed by atoms with Crippen LogP contribution in [0.2, 0.25) is 0 Å². The van der Waals surface area contributed by atoms with Crippen LogP contribution in [0.1, 0.15) is 31.7 Å². The zero-order chi connectivity index (χ0) is 13.5. The molecule has 1 aliphatic heterocycles. The van der Waals surface area contributed by atoms with Crippen molar-refractivity contribution in [2.24, 2.45) is 0 Å². The molecule has 0 saturated carbocycles. The topological polar surface area (TPSA) is 29.5 Å². The number of benzene rings is 1. The van der Waals surface area contributed by atoms with Crippen LogP contribution >= 0.6 is 0 Å². The van der Waals surface area contributed by atoms with Crippen LogP contribution in [0.15, 0.2) is 24.3 Å². The Morgan fingerprint density at radius 2 is 2.05 bits per heavy atom. The van der Waals surface area contributed by atoms with Gasteiger partial charge in [0.25, 0.3) is 0 Å². The van der Waals surface area contributed by atoms with Crippen molar-refractivity contribution in [3.05, 3.63) is 29.8 Å². The summed E-state index contributed by atoms with van der Waals surface area (Å²) in [7, 11) is 0. The summed E-state index contributed by atoms with van der Waals surface area (Å²) in [6.45, 7) is 5.77. The summed E-state index contributed by atoms with van der Waals surface area (Å²) in [5.74, 6) is 1.37. The van der Waals surface area contributed by atoms with Crippen LogP contribution in [-0.4, -0.2) is 36.9 Å². The highest BCUT2D eigenvalue weighted by Crippen LogP contribution is 2.14. The van der Waals surface area contributed by atoms with Gasteiger partial charge in [-0.1, -0.05) is 19.1 Å². The molecule has 2 rings (SSSR count). The van der Waals surface area contributed by atoms with Crippen LogP contribution < -0.4 is 4.74 Å². The number of hydrogen-bond acceptors (Lipinski definition) is 3. The monoisotopic (exact) mass is 261 g/mol. The molecule has 0 N–H and O–H groups in total. The number of likely N-dealkylation sites (tertiary alicyclic amines) is 1. The van der Waals surface area contributed by atoms with Gasteiger partial charge in [0.05, 0.1) is 6.61 Å². The van der Waals surface area contributed by atoms with Crippen LogP contribution in [0, 0.1) is 0 Å². The third kappa shape index (κ3) is 4.67. The zero-order valence-corrected chi connectivity index (χ0v) is 11.7. The second-order valence-electron chi connectivity index (χ2n) is 5.08. The van der Waals surface area contributed by atoms with Gasteiger partial charge in [-0.2, -0.15) is 0 Å². The fourth-order valence-corrected chi connectivity index (χ4v) is 2.36. The molecule has 0 unspecified atom stereocenters. The van der Waals surface area contributed by atoms with Crippen molar-refractivity contribution in [3.8, 4) is 5.75 Å². The van der Waals surface area contributed by atoms with E-state index >= 15 is 0 Å². The SMILES string of the molecule is CCc1cccc(OCCCN2CCC(=O)CC2)c1. The Kier molecular flexibility index (Phi) is 5.40. The largest absolute Gasteiger partial charge is 0.494 e. The van der Waals surface area contributed by atoms with Gasteiger partial charge in [-0.25, -0.2) is 0 Å². The minimum Gasteiger partial charge on any atom is -0.494 e. The van der Waals surface area contributed by atoms with Gasteiger partial charge < -0.3 is 9.64 Å². The Labute approximate surface area is 115 Å². The van der Waals surface area contributed by atoms with Crippen molar-refractivity contribution in [1.82, 2.24) is 4.90 Å². The minimum atomic E-state index is 0.406. The number of hydrogen-bond donors (Lipinski definition) is 0. The molecular formula is C16H23NO2. The maximum Gasteiger partial charge on any atom is 0.135 e. The first-order valence-electron chi connectivity index (χ1n) is 7.23. The lowest BCUT2D eigenvalue weighted by Crippen LogP contribution is -2.34. The van der Waals surface area contributed by atoms with E-state index in [2.05, 4.69) is 24.0 Å². The van der Waals surface area contributed by atoms with Crippen molar-refractivity contribution in [2.75, 3.05) is 26.2 Å². The highest BCUT2D eigenvalue weighted by molar-refractivity contribution is 5.79. The number of Topliss-reactive ketones (excluding diaryl/α,β-unsaturated/α-hetero) is 1. The third-order valence-corrected chi connectivity index (χ3v) is 3.61. The molecule has 1 aliphatic rings. The molecule has 0 aromatic heterocycles. The molecule has 0 amide bonds. The third-order valence-electron chi connectivity index (χ3n) is 3.61. The quantitative estimate of drug-likeness (QED) is 0.737. The highest BCUT2D eigenvalue weighted by Gasteiger charge is 2.15. The van der Waals surface area contributed by atoms with Gasteiger partial charge in [0, 0.05) is 32.5 Å². The maximum atomic E-state index is 11.1. The molecule has 1 aromatic carbocycles. The van der Waals surface area contributed by atoms with Crippen molar-refractivity contribution >= 4 is 5.78 Å². The highest BCUT2D eigenvalue weighted by atomic mass is 16.5. The standard InChI is InChI=1S/C16H23NO2/c1-2-14-5-3-6-16(13-14)19-12-4-9-17-10-7-15(18)8-11-17/h3,5-6,13H,2,4,7-12H2,1H3. The van der Waals surface area contributed by atoms with Crippen LogP contribution in [0.25, 0.3) is 0 Å². The first-order valence-corrected chi connectivity index (χ1v) is 7.23. The number of nitrogens with zero attached hydrogens (tertiary/aromatic N) is 1. The van der Waals surface area contributed by atoms with E-state index in [4.69, 9.17) is 4.74 Å². The maximum absolute atomic E-state index is 11.1. The Balaban J connectivity index is 1.64. The molecule has 0 spiro atoms. The van der Waals surface area contributed by atoms with Gasteiger partial charge in [-0.3, -0.25) is 4.79 Å². The van der Waals surface area contributed by atoms with Gasteiger partial charge in [0.1, 0.15) is 11.5 Å². The molecule has 0 bridgehead atoms. The molecule has 1 heterocycles. The van der Waals surface area contributed by atoms with E-state index in [-0.39, 0.29) is 0 Å². The predicted octanol–water partition coefficient (Wildman–Crippen LogP) is 2.68. The average molecular weight is 261 g/mol. The molecule has 0 radical (unpaired) electrons. The Hall–Kier alpha value is -1.35. The summed E-state index contributed by atoms with van der Waals surface area (Å²) >= 11 is 0. The molecule has 104 valence electrons. The van der Waals surface area contributed by atoms with Crippen LogP contribution in [0.4, 0.5) is 0 Å². The van der Waals surface area contributed by atoms with E-state index in [1.165, 1.54) is 5.56 Å². The van der Waals surface area contributed by atoms with Gasteiger partial charge >= 0.3 is 0 Å².